The molecule has 2 fully saturated rings. The smallest absolute Gasteiger partial charge is 0.321 e. The van der Waals surface area contributed by atoms with Crippen molar-refractivity contribution in [1.82, 2.24) is 4.90 Å². The second-order valence-corrected chi connectivity index (χ2v) is 9.68. The number of carbonyl (C=O) groups is 1. The maximum Gasteiger partial charge on any atom is 0.321 e. The summed E-state index contributed by atoms with van der Waals surface area (Å²) in [5, 5.41) is 1.95. The summed E-state index contributed by atoms with van der Waals surface area (Å²) >= 11 is 0. The van der Waals surface area contributed by atoms with Crippen LogP contribution in [0.15, 0.2) is 53.4 Å². The van der Waals surface area contributed by atoms with Crippen molar-refractivity contribution >= 4 is 21.6 Å². The second-order valence-electron chi connectivity index (χ2n) is 7.48. The first-order valence-corrected chi connectivity index (χ1v) is 11.3. The van der Waals surface area contributed by atoms with Gasteiger partial charge in [-0.05, 0) is 62.1 Å². The van der Waals surface area contributed by atoms with E-state index in [1.54, 1.807) is 12.1 Å². The van der Waals surface area contributed by atoms with E-state index < -0.39 is 20.9 Å². The van der Waals surface area contributed by atoms with Gasteiger partial charge in [-0.3, -0.25) is 0 Å². The van der Waals surface area contributed by atoms with Crippen molar-refractivity contribution in [2.24, 2.45) is 0 Å². The average Bonchev–Trinajstić information content (AvgIpc) is 3.15. The lowest BCUT2D eigenvalue weighted by Crippen LogP contribution is -2.58. The van der Waals surface area contributed by atoms with Gasteiger partial charge in [0.2, 0.25) is 0 Å². The van der Waals surface area contributed by atoms with Crippen molar-refractivity contribution in [2.75, 3.05) is 18.4 Å². The third kappa shape index (κ3) is 4.22. The SMILES string of the molecule is O=C(Nc1ccc(OC2CCCC2)cc1)N1CC(S(=O)(=O)c2ccccc2F)C1. The van der Waals surface area contributed by atoms with E-state index in [-0.39, 0.29) is 30.1 Å². The largest absolute Gasteiger partial charge is 0.490 e. The lowest BCUT2D eigenvalue weighted by molar-refractivity contribution is 0.182. The van der Waals surface area contributed by atoms with Gasteiger partial charge in [0.25, 0.3) is 0 Å². The van der Waals surface area contributed by atoms with E-state index >= 15 is 0 Å². The highest BCUT2D eigenvalue weighted by molar-refractivity contribution is 7.92. The number of amides is 2. The van der Waals surface area contributed by atoms with Crippen LogP contribution in [0.1, 0.15) is 25.7 Å². The fraction of sp³-hybridized carbons (Fsp3) is 0.381. The third-order valence-electron chi connectivity index (χ3n) is 5.43. The Balaban J connectivity index is 1.31. The Bertz CT molecular complexity index is 982. The van der Waals surface area contributed by atoms with Crippen LogP contribution in [0.25, 0.3) is 0 Å². The number of hydrogen-bond donors (Lipinski definition) is 1. The number of rotatable bonds is 5. The lowest BCUT2D eigenvalue weighted by atomic mass is 10.2. The number of anilines is 1. The minimum absolute atomic E-state index is 0.0331. The van der Waals surface area contributed by atoms with Crippen molar-refractivity contribution in [1.29, 1.82) is 0 Å². The molecule has 0 atom stereocenters. The Hall–Kier alpha value is -2.61. The Morgan fingerprint density at radius 1 is 1.03 bits per heavy atom. The molecule has 1 heterocycles. The highest BCUT2D eigenvalue weighted by Crippen LogP contribution is 2.27. The van der Waals surface area contributed by atoms with E-state index in [9.17, 15) is 17.6 Å². The van der Waals surface area contributed by atoms with E-state index in [1.807, 2.05) is 12.1 Å². The summed E-state index contributed by atoms with van der Waals surface area (Å²) in [6, 6.07) is 12.1. The van der Waals surface area contributed by atoms with Gasteiger partial charge in [-0.15, -0.1) is 0 Å². The van der Waals surface area contributed by atoms with E-state index in [2.05, 4.69) is 5.32 Å². The molecule has 1 saturated carbocycles. The van der Waals surface area contributed by atoms with Gasteiger partial charge in [0.15, 0.2) is 9.84 Å². The quantitative estimate of drug-likeness (QED) is 0.801. The first kappa shape index (κ1) is 19.7. The molecule has 1 N–H and O–H groups in total. The Kier molecular flexibility index (Phi) is 5.45. The number of benzene rings is 2. The van der Waals surface area contributed by atoms with Crippen LogP contribution < -0.4 is 10.1 Å². The van der Waals surface area contributed by atoms with Crippen LogP contribution in [0.3, 0.4) is 0 Å². The van der Waals surface area contributed by atoms with Gasteiger partial charge in [-0.2, -0.15) is 0 Å². The van der Waals surface area contributed by atoms with Gasteiger partial charge in [0.05, 0.1) is 6.10 Å². The molecule has 1 aliphatic heterocycles. The van der Waals surface area contributed by atoms with E-state index in [0.29, 0.717) is 5.69 Å². The molecule has 4 rings (SSSR count). The molecule has 2 amide bonds. The van der Waals surface area contributed by atoms with Gasteiger partial charge in [-0.25, -0.2) is 17.6 Å². The molecule has 0 radical (unpaired) electrons. The van der Waals surface area contributed by atoms with E-state index in [4.69, 9.17) is 4.74 Å². The standard InChI is InChI=1S/C21H23FN2O4S/c22-19-7-3-4-8-20(19)29(26,27)18-13-24(14-18)21(25)23-15-9-11-17(12-10-15)28-16-5-1-2-6-16/h3-4,7-12,16,18H,1-2,5-6,13-14H2,(H,23,25). The highest BCUT2D eigenvalue weighted by atomic mass is 32.2. The number of nitrogens with zero attached hydrogens (tertiary/aromatic N) is 1. The fourth-order valence-electron chi connectivity index (χ4n) is 3.67. The molecule has 1 saturated heterocycles. The van der Waals surface area contributed by atoms with Gasteiger partial charge in [-0.1, -0.05) is 12.1 Å². The number of carbonyl (C=O) groups excluding carboxylic acids is 1. The lowest BCUT2D eigenvalue weighted by Gasteiger charge is -2.38. The van der Waals surface area contributed by atoms with Crippen LogP contribution in [0, 0.1) is 5.82 Å². The van der Waals surface area contributed by atoms with Gasteiger partial charge in [0.1, 0.15) is 21.7 Å². The van der Waals surface area contributed by atoms with Crippen LogP contribution >= 0.6 is 0 Å². The molecule has 0 aromatic heterocycles. The minimum Gasteiger partial charge on any atom is -0.490 e. The van der Waals surface area contributed by atoms with Gasteiger partial charge in [0, 0.05) is 18.8 Å². The third-order valence-corrected chi connectivity index (χ3v) is 7.55. The second kappa shape index (κ2) is 8.02. The zero-order chi connectivity index (χ0) is 20.4. The molecule has 8 heteroatoms. The van der Waals surface area contributed by atoms with Crippen LogP contribution in [-0.4, -0.2) is 43.8 Å². The first-order valence-electron chi connectivity index (χ1n) is 9.74. The van der Waals surface area contributed by atoms with Crippen molar-refractivity contribution in [3.8, 4) is 5.75 Å². The van der Waals surface area contributed by atoms with E-state index in [0.717, 1.165) is 24.7 Å². The van der Waals surface area contributed by atoms with Crippen molar-refractivity contribution in [3.63, 3.8) is 0 Å². The van der Waals surface area contributed by atoms with Crippen LogP contribution in [0.5, 0.6) is 5.75 Å². The zero-order valence-electron chi connectivity index (χ0n) is 15.9. The number of nitrogens with one attached hydrogen (secondary N) is 1. The Morgan fingerprint density at radius 2 is 1.69 bits per heavy atom. The highest BCUT2D eigenvalue weighted by Gasteiger charge is 2.41. The van der Waals surface area contributed by atoms with Crippen molar-refractivity contribution in [3.05, 3.63) is 54.3 Å². The van der Waals surface area contributed by atoms with Gasteiger partial charge < -0.3 is 15.0 Å². The average molecular weight is 418 g/mol. The molecular weight excluding hydrogens is 395 g/mol. The van der Waals surface area contributed by atoms with Crippen LogP contribution in [0.4, 0.5) is 14.9 Å². The Labute approximate surface area is 169 Å². The molecule has 2 aromatic rings. The summed E-state index contributed by atoms with van der Waals surface area (Å²) in [5.41, 5.74) is 0.606. The number of hydrogen-bond acceptors (Lipinski definition) is 4. The summed E-state index contributed by atoms with van der Waals surface area (Å²) in [6.07, 6.45) is 4.81. The molecule has 0 bridgehead atoms. The predicted molar refractivity (Wildman–Crippen MR) is 107 cm³/mol. The number of ether oxygens (including phenoxy) is 1. The van der Waals surface area contributed by atoms with Crippen LogP contribution in [0.2, 0.25) is 0 Å². The van der Waals surface area contributed by atoms with Crippen molar-refractivity contribution in [2.45, 2.75) is 41.9 Å². The number of likely N-dealkylation sites (tertiary alicyclic amines) is 1. The molecular formula is C21H23FN2O4S. The predicted octanol–water partition coefficient (Wildman–Crippen LogP) is 3.84. The molecule has 1 aliphatic carbocycles. The summed E-state index contributed by atoms with van der Waals surface area (Å²) in [4.78, 5) is 13.4. The Morgan fingerprint density at radius 3 is 2.34 bits per heavy atom. The summed E-state index contributed by atoms with van der Waals surface area (Å²) in [6.45, 7) is 0.0662. The molecule has 29 heavy (non-hydrogen) atoms. The molecule has 154 valence electrons. The normalized spacial score (nSPS) is 17.8. The van der Waals surface area contributed by atoms with E-state index in [1.165, 1.54) is 35.9 Å². The maximum atomic E-state index is 13.8. The van der Waals surface area contributed by atoms with Crippen molar-refractivity contribution < 1.29 is 22.3 Å². The number of halogens is 1. The molecule has 0 spiro atoms. The molecule has 6 nitrogen and oxygen atoms in total. The minimum atomic E-state index is -3.80. The molecule has 2 aromatic carbocycles. The first-order chi connectivity index (χ1) is 13.9. The van der Waals surface area contributed by atoms with Crippen LogP contribution in [-0.2, 0) is 9.84 Å². The number of urea groups is 1. The topological polar surface area (TPSA) is 75.7 Å². The summed E-state index contributed by atoms with van der Waals surface area (Å²) in [5.74, 6) is 0.00482. The summed E-state index contributed by atoms with van der Waals surface area (Å²) < 4.78 is 44.8. The monoisotopic (exact) mass is 418 g/mol. The van der Waals surface area contributed by atoms with Gasteiger partial charge >= 0.3 is 6.03 Å². The molecule has 2 aliphatic rings. The zero-order valence-corrected chi connectivity index (χ0v) is 16.7. The number of sulfone groups is 1. The maximum absolute atomic E-state index is 13.8. The molecule has 0 unspecified atom stereocenters. The summed E-state index contributed by atoms with van der Waals surface area (Å²) in [7, 11) is -3.80. The fourth-order valence-corrected chi connectivity index (χ4v) is 5.39.